The number of likely N-dealkylation sites (tertiary alicyclic amines) is 1. The minimum absolute atomic E-state index is 0.0403. The topological polar surface area (TPSA) is 74.0 Å². The molecule has 33 heavy (non-hydrogen) atoms. The van der Waals surface area contributed by atoms with Crippen molar-refractivity contribution in [1.29, 1.82) is 0 Å². The summed E-state index contributed by atoms with van der Waals surface area (Å²) in [7, 11) is 0.461. The number of allylic oxidation sites excluding steroid dienone is 2. The molecule has 0 radical (unpaired) electrons. The van der Waals surface area contributed by atoms with Gasteiger partial charge in [-0.05, 0) is 69.3 Å². The number of aryl methyl sites for hydroxylation is 2. The van der Waals surface area contributed by atoms with Gasteiger partial charge in [0.2, 0.25) is 0 Å². The number of aliphatic hydroxyl groups is 1. The van der Waals surface area contributed by atoms with Crippen molar-refractivity contribution in [3.63, 3.8) is 0 Å². The van der Waals surface area contributed by atoms with E-state index in [4.69, 9.17) is 5.10 Å². The number of aromatic nitrogens is 3. The summed E-state index contributed by atoms with van der Waals surface area (Å²) < 4.78 is 1.91. The zero-order valence-corrected chi connectivity index (χ0v) is 20.6. The van der Waals surface area contributed by atoms with Crippen molar-refractivity contribution >= 4 is 25.3 Å². The Bertz CT molecular complexity index is 1170. The number of hydrogen-bond acceptors (Lipinski definition) is 5. The van der Waals surface area contributed by atoms with E-state index in [1.165, 1.54) is 11.1 Å². The lowest BCUT2D eigenvalue weighted by Crippen LogP contribution is -2.40. The van der Waals surface area contributed by atoms with Gasteiger partial charge in [0, 0.05) is 24.1 Å². The summed E-state index contributed by atoms with van der Waals surface area (Å²) in [4.78, 5) is 22.1. The van der Waals surface area contributed by atoms with E-state index in [2.05, 4.69) is 42.1 Å². The van der Waals surface area contributed by atoms with Crippen LogP contribution in [0.3, 0.4) is 0 Å². The molecule has 0 bridgehead atoms. The number of rotatable bonds is 5. The number of hydrogen-bond donors (Lipinski definition) is 1. The van der Waals surface area contributed by atoms with Crippen molar-refractivity contribution in [3.8, 4) is 0 Å². The van der Waals surface area contributed by atoms with E-state index in [9.17, 15) is 9.90 Å². The minimum atomic E-state index is 0.0403. The van der Waals surface area contributed by atoms with E-state index in [0.29, 0.717) is 14.5 Å². The molecule has 2 aromatic heterocycles. The van der Waals surface area contributed by atoms with Gasteiger partial charge < -0.3 is 14.9 Å². The van der Waals surface area contributed by atoms with Crippen molar-refractivity contribution in [2.45, 2.75) is 45.8 Å². The second-order valence-corrected chi connectivity index (χ2v) is 10.6. The van der Waals surface area contributed by atoms with E-state index in [-0.39, 0.29) is 18.3 Å². The first-order chi connectivity index (χ1) is 16.0. The number of carbonyl (C=O) groups is 1. The molecule has 0 spiro atoms. The number of fused-ring (bicyclic) bond motifs is 2. The normalized spacial score (nSPS) is 23.0. The van der Waals surface area contributed by atoms with E-state index in [0.717, 1.165) is 66.8 Å². The maximum Gasteiger partial charge on any atom is 0.252 e. The second-order valence-electron chi connectivity index (χ2n) is 9.25. The molecule has 3 aliphatic heterocycles. The average molecular weight is 466 g/mol. The lowest BCUT2D eigenvalue weighted by molar-refractivity contribution is -0.123. The van der Waals surface area contributed by atoms with Crippen molar-refractivity contribution in [2.24, 2.45) is 5.92 Å². The zero-order valence-electron chi connectivity index (χ0n) is 19.6. The van der Waals surface area contributed by atoms with Crippen LogP contribution in [0.1, 0.15) is 43.8 Å². The summed E-state index contributed by atoms with van der Waals surface area (Å²) in [6, 6.07) is 2.08. The average Bonchev–Trinajstić information content (AvgIpc) is 3.23. The van der Waals surface area contributed by atoms with Crippen LogP contribution in [0, 0.1) is 12.8 Å². The zero-order chi connectivity index (χ0) is 23.1. The van der Waals surface area contributed by atoms with Crippen LogP contribution < -0.4 is 0 Å². The van der Waals surface area contributed by atoms with Crippen LogP contribution in [0.2, 0.25) is 0 Å². The summed E-state index contributed by atoms with van der Waals surface area (Å²) in [6.45, 7) is 9.21. The molecule has 8 heteroatoms. The summed E-state index contributed by atoms with van der Waals surface area (Å²) in [5, 5.41) is 15.0. The highest BCUT2D eigenvalue weighted by molar-refractivity contribution is 7.51. The fourth-order valence-electron chi connectivity index (χ4n) is 5.17. The van der Waals surface area contributed by atoms with E-state index < -0.39 is 0 Å². The van der Waals surface area contributed by atoms with Crippen molar-refractivity contribution in [1.82, 2.24) is 24.4 Å². The number of aliphatic hydroxyl groups excluding tert-OH is 1. The van der Waals surface area contributed by atoms with Gasteiger partial charge in [0.15, 0.2) is 0 Å². The van der Waals surface area contributed by atoms with Crippen LogP contribution >= 0.6 is 8.58 Å². The third kappa shape index (κ3) is 4.30. The molecule has 5 heterocycles. The number of amides is 1. The summed E-state index contributed by atoms with van der Waals surface area (Å²) in [6.07, 6.45) is 11.1. The van der Waals surface area contributed by atoms with Gasteiger partial charge in [0.25, 0.3) is 5.91 Å². The van der Waals surface area contributed by atoms with E-state index in [1.807, 2.05) is 22.5 Å². The molecule has 0 saturated carbocycles. The molecule has 7 nitrogen and oxygen atoms in total. The molecule has 1 N–H and O–H groups in total. The molecule has 0 aromatic carbocycles. The molecule has 174 valence electrons. The Labute approximate surface area is 196 Å². The fourth-order valence-corrected chi connectivity index (χ4v) is 6.60. The first kappa shape index (κ1) is 22.5. The monoisotopic (exact) mass is 465 g/mol. The predicted molar refractivity (Wildman–Crippen MR) is 132 cm³/mol. The van der Waals surface area contributed by atoms with Crippen LogP contribution in [0.25, 0.3) is 10.8 Å². The second kappa shape index (κ2) is 9.13. The molecular weight excluding hydrogens is 433 g/mol. The van der Waals surface area contributed by atoms with Crippen molar-refractivity contribution in [2.75, 3.05) is 26.2 Å². The maximum absolute atomic E-state index is 13.2. The smallest absolute Gasteiger partial charge is 0.252 e. The Morgan fingerprint density at radius 2 is 2.00 bits per heavy atom. The van der Waals surface area contributed by atoms with Crippen LogP contribution in [-0.2, 0) is 11.2 Å². The quantitative estimate of drug-likeness (QED) is 0.686. The van der Waals surface area contributed by atoms with Crippen LogP contribution in [-0.4, -0.2) is 67.4 Å². The Balaban J connectivity index is 1.39. The third-order valence-electron chi connectivity index (χ3n) is 6.94. The number of piperidine rings is 1. The highest BCUT2D eigenvalue weighted by atomic mass is 31.1. The first-order valence-corrected chi connectivity index (χ1v) is 12.9. The molecule has 5 rings (SSSR count). The molecule has 2 atom stereocenters. The van der Waals surface area contributed by atoms with Gasteiger partial charge >= 0.3 is 0 Å². The molecular formula is C25H32N5O2P. The summed E-state index contributed by atoms with van der Waals surface area (Å²) >= 11 is 0. The van der Waals surface area contributed by atoms with Crippen LogP contribution in [0.4, 0.5) is 0 Å². The Morgan fingerprint density at radius 3 is 2.73 bits per heavy atom. The minimum Gasteiger partial charge on any atom is -0.395 e. The van der Waals surface area contributed by atoms with Gasteiger partial charge in [-0.1, -0.05) is 21.6 Å². The molecule has 0 aliphatic carbocycles. The van der Waals surface area contributed by atoms with Crippen molar-refractivity contribution in [3.05, 3.63) is 58.8 Å². The molecule has 2 aromatic rings. The molecule has 3 aliphatic rings. The highest BCUT2D eigenvalue weighted by Gasteiger charge is 2.34. The van der Waals surface area contributed by atoms with Crippen LogP contribution in [0.5, 0.6) is 0 Å². The largest absolute Gasteiger partial charge is 0.395 e. The number of carbonyl (C=O) groups excluding carboxylic acids is 1. The number of β-amino-alcohol motifs (C(OH)–C–C–N with tert-alkyl or cyclic N) is 1. The molecule has 2 unspecified atom stereocenters. The lowest BCUT2D eigenvalue weighted by atomic mass is 9.87. The molecule has 1 saturated heterocycles. The first-order valence-electron chi connectivity index (χ1n) is 11.9. The van der Waals surface area contributed by atoms with Gasteiger partial charge in [-0.25, -0.2) is 4.52 Å². The van der Waals surface area contributed by atoms with Crippen LogP contribution in [0.15, 0.2) is 41.8 Å². The standard InChI is InChI=1S/C25H32N5O2P/c1-4-20-22-12-21(27-30(22)14-17(3)26-20)23-13-24(32)29-15-19(11-16(2)25(29)33-23)18-5-7-28(8-6-18)9-10-31/h11-15,18,25,31,33H,4-10H2,1-3H3. The van der Waals surface area contributed by atoms with Gasteiger partial charge in [0.1, 0.15) is 0 Å². The molecule has 1 amide bonds. The van der Waals surface area contributed by atoms with Gasteiger partial charge in [-0.15, -0.1) is 0 Å². The Morgan fingerprint density at radius 1 is 1.21 bits per heavy atom. The van der Waals surface area contributed by atoms with Gasteiger partial charge in [-0.3, -0.25) is 9.78 Å². The van der Waals surface area contributed by atoms with Crippen molar-refractivity contribution < 1.29 is 9.90 Å². The fraction of sp³-hybridized carbons (Fsp3) is 0.480. The van der Waals surface area contributed by atoms with Gasteiger partial charge in [-0.2, -0.15) is 5.10 Å². The van der Waals surface area contributed by atoms with E-state index >= 15 is 0 Å². The highest BCUT2D eigenvalue weighted by Crippen LogP contribution is 2.47. The summed E-state index contributed by atoms with van der Waals surface area (Å²) in [5.74, 6) is 0.587. The third-order valence-corrected chi connectivity index (χ3v) is 8.66. The number of nitrogens with zero attached hydrogens (tertiary/aromatic N) is 5. The Kier molecular flexibility index (Phi) is 6.21. The SMILES string of the molecule is CCc1nc(C)cn2nc(C3=CC(=O)N4C=C(C5CCN(CCO)CC5)C=C(C)C4P3)cc12. The maximum atomic E-state index is 13.2. The molecule has 1 fully saturated rings. The lowest BCUT2D eigenvalue weighted by Gasteiger charge is -2.39. The predicted octanol–water partition coefficient (Wildman–Crippen LogP) is 3.34. The van der Waals surface area contributed by atoms with Gasteiger partial charge in [0.05, 0.1) is 41.2 Å². The Hall–Kier alpha value is -2.34. The summed E-state index contributed by atoms with van der Waals surface area (Å²) in [5.41, 5.74) is 6.39. The van der Waals surface area contributed by atoms with E-state index in [1.54, 1.807) is 6.08 Å².